The molecule has 9 heteroatoms. The van der Waals surface area contributed by atoms with E-state index in [0.29, 0.717) is 55.3 Å². The van der Waals surface area contributed by atoms with E-state index in [2.05, 4.69) is 0 Å². The summed E-state index contributed by atoms with van der Waals surface area (Å²) in [6.45, 7) is -0.448. The zero-order valence-electron chi connectivity index (χ0n) is 22.3. The molecule has 4 atom stereocenters. The number of ether oxygens (including phenoxy) is 1. The van der Waals surface area contributed by atoms with Crippen LogP contribution in [-0.4, -0.2) is 35.2 Å². The number of anilines is 1. The Bertz CT molecular complexity index is 1760. The SMILES string of the molecule is O=C(COC(=O)c1cc(-c2ccc(N3C(=O)C4C5CCC(C5)C4C3=O)cc2)nc2ccc(Cl)cc12)c1ccc(Cl)cc1. The number of carbonyl (C=O) groups excluding carboxylic acids is 4. The molecule has 1 aromatic heterocycles. The van der Waals surface area contributed by atoms with E-state index >= 15 is 0 Å². The van der Waals surface area contributed by atoms with Gasteiger partial charge in [0.15, 0.2) is 12.4 Å². The smallest absolute Gasteiger partial charge is 0.339 e. The quantitative estimate of drug-likeness (QED) is 0.138. The largest absolute Gasteiger partial charge is 0.454 e. The van der Waals surface area contributed by atoms with Crippen molar-refractivity contribution in [2.24, 2.45) is 23.7 Å². The predicted octanol–water partition coefficient (Wildman–Crippen LogP) is 6.78. The Kier molecular flexibility index (Phi) is 6.59. The van der Waals surface area contributed by atoms with Crippen molar-refractivity contribution in [2.45, 2.75) is 19.3 Å². The molecule has 2 amide bonds. The third-order valence-electron chi connectivity index (χ3n) is 8.84. The summed E-state index contributed by atoms with van der Waals surface area (Å²) in [6, 6.07) is 20.0. The molecule has 1 saturated heterocycles. The molecule has 4 unspecified atom stereocenters. The molecule has 3 aliphatic rings. The number of carbonyl (C=O) groups is 4. The molecule has 2 saturated carbocycles. The molecule has 2 bridgehead atoms. The van der Waals surface area contributed by atoms with Gasteiger partial charge in [-0.05, 0) is 91.8 Å². The maximum atomic E-state index is 13.3. The lowest BCUT2D eigenvalue weighted by Gasteiger charge is -2.19. The Morgan fingerprint density at radius 3 is 2.14 bits per heavy atom. The zero-order valence-corrected chi connectivity index (χ0v) is 23.8. The molecule has 42 heavy (non-hydrogen) atoms. The molecule has 0 spiro atoms. The highest BCUT2D eigenvalue weighted by Gasteiger charge is 2.61. The summed E-state index contributed by atoms with van der Waals surface area (Å²) in [5.41, 5.74) is 2.81. The van der Waals surface area contributed by atoms with Crippen molar-refractivity contribution < 1.29 is 23.9 Å². The molecule has 210 valence electrons. The number of halogens is 2. The number of hydrogen-bond acceptors (Lipinski definition) is 6. The van der Waals surface area contributed by atoms with E-state index < -0.39 is 12.6 Å². The molecule has 3 aromatic carbocycles. The summed E-state index contributed by atoms with van der Waals surface area (Å²) < 4.78 is 5.41. The lowest BCUT2D eigenvalue weighted by Crippen LogP contribution is -2.32. The number of benzene rings is 3. The first-order valence-corrected chi connectivity index (χ1v) is 14.6. The number of pyridine rings is 1. The van der Waals surface area contributed by atoms with Crippen LogP contribution in [-0.2, 0) is 14.3 Å². The fraction of sp³-hybridized carbons (Fsp3) is 0.242. The fourth-order valence-corrected chi connectivity index (χ4v) is 7.19. The lowest BCUT2D eigenvalue weighted by atomic mass is 9.81. The van der Waals surface area contributed by atoms with E-state index in [1.165, 1.54) is 4.90 Å². The molecule has 2 heterocycles. The Balaban J connectivity index is 1.16. The third-order valence-corrected chi connectivity index (χ3v) is 9.33. The number of esters is 1. The number of rotatable bonds is 6. The maximum absolute atomic E-state index is 13.3. The van der Waals surface area contributed by atoms with Crippen LogP contribution in [0.15, 0.2) is 72.8 Å². The summed E-state index contributed by atoms with van der Waals surface area (Å²) in [7, 11) is 0. The van der Waals surface area contributed by atoms with Crippen molar-refractivity contribution in [1.29, 1.82) is 0 Å². The highest BCUT2D eigenvalue weighted by atomic mass is 35.5. The Morgan fingerprint density at radius 1 is 0.833 bits per heavy atom. The molecule has 7 rings (SSSR count). The van der Waals surface area contributed by atoms with Gasteiger partial charge in [-0.2, -0.15) is 0 Å². The minimum Gasteiger partial charge on any atom is -0.454 e. The van der Waals surface area contributed by atoms with Crippen LogP contribution in [0.25, 0.3) is 22.2 Å². The van der Waals surface area contributed by atoms with Gasteiger partial charge < -0.3 is 4.74 Å². The number of amides is 2. The molecule has 7 nitrogen and oxygen atoms in total. The van der Waals surface area contributed by atoms with E-state index in [4.69, 9.17) is 32.9 Å². The number of nitrogens with zero attached hydrogens (tertiary/aromatic N) is 2. The topological polar surface area (TPSA) is 93.6 Å². The second-order valence-electron chi connectivity index (χ2n) is 11.2. The van der Waals surface area contributed by atoms with E-state index in [9.17, 15) is 19.2 Å². The van der Waals surface area contributed by atoms with Crippen LogP contribution in [0.1, 0.15) is 40.0 Å². The summed E-state index contributed by atoms with van der Waals surface area (Å²) in [5, 5.41) is 1.41. The van der Waals surface area contributed by atoms with Gasteiger partial charge in [-0.25, -0.2) is 9.78 Å². The molecular weight excluding hydrogens is 575 g/mol. The lowest BCUT2D eigenvalue weighted by molar-refractivity contribution is -0.123. The first kappa shape index (κ1) is 26.8. The average molecular weight is 599 g/mol. The van der Waals surface area contributed by atoms with Crippen LogP contribution in [0, 0.1) is 23.7 Å². The van der Waals surface area contributed by atoms with Crippen molar-refractivity contribution in [1.82, 2.24) is 4.98 Å². The third kappa shape index (κ3) is 4.48. The molecule has 2 aliphatic carbocycles. The van der Waals surface area contributed by atoms with Crippen molar-refractivity contribution >= 4 is 63.4 Å². The molecule has 4 aromatic rings. The van der Waals surface area contributed by atoms with Gasteiger partial charge in [0.2, 0.25) is 11.8 Å². The maximum Gasteiger partial charge on any atom is 0.339 e. The van der Waals surface area contributed by atoms with E-state index in [1.54, 1.807) is 72.8 Å². The first-order chi connectivity index (χ1) is 20.3. The molecule has 3 fully saturated rings. The molecule has 1 aliphatic heterocycles. The fourth-order valence-electron chi connectivity index (χ4n) is 6.89. The second-order valence-corrected chi connectivity index (χ2v) is 12.0. The molecular formula is C33H24Cl2N2O5. The summed E-state index contributed by atoms with van der Waals surface area (Å²) in [4.78, 5) is 58.4. The Hall–Kier alpha value is -4.07. The summed E-state index contributed by atoms with van der Waals surface area (Å²) >= 11 is 12.1. The van der Waals surface area contributed by atoms with E-state index in [0.717, 1.165) is 19.3 Å². The van der Waals surface area contributed by atoms with Crippen LogP contribution in [0.3, 0.4) is 0 Å². The van der Waals surface area contributed by atoms with Crippen molar-refractivity contribution in [3.05, 3.63) is 94.0 Å². The Labute approximate surface area is 251 Å². The van der Waals surface area contributed by atoms with Crippen LogP contribution in [0.5, 0.6) is 0 Å². The number of ketones is 1. The highest BCUT2D eigenvalue weighted by Crippen LogP contribution is 2.56. The molecule has 0 N–H and O–H groups in total. The van der Waals surface area contributed by atoms with Gasteiger partial charge in [0, 0.05) is 26.6 Å². The normalized spacial score (nSPS) is 22.6. The van der Waals surface area contributed by atoms with Crippen LogP contribution in [0.4, 0.5) is 5.69 Å². The minimum absolute atomic E-state index is 0.0937. The van der Waals surface area contributed by atoms with Crippen LogP contribution in [0.2, 0.25) is 10.0 Å². The first-order valence-electron chi connectivity index (χ1n) is 13.8. The minimum atomic E-state index is -0.695. The monoisotopic (exact) mass is 598 g/mol. The second kappa shape index (κ2) is 10.3. The van der Waals surface area contributed by atoms with Crippen LogP contribution >= 0.6 is 23.2 Å². The van der Waals surface area contributed by atoms with Crippen molar-refractivity contribution in [3.63, 3.8) is 0 Å². The number of Topliss-reactive ketones (excluding diaryl/α,β-unsaturated/α-hetero) is 1. The van der Waals surface area contributed by atoms with Gasteiger partial charge in [-0.15, -0.1) is 0 Å². The highest BCUT2D eigenvalue weighted by molar-refractivity contribution is 6.31. The van der Waals surface area contributed by atoms with Crippen molar-refractivity contribution in [3.8, 4) is 11.3 Å². The van der Waals surface area contributed by atoms with E-state index in [-0.39, 0.29) is 35.0 Å². The number of aromatic nitrogens is 1. The van der Waals surface area contributed by atoms with E-state index in [1.807, 2.05) is 0 Å². The van der Waals surface area contributed by atoms with Gasteiger partial charge in [0.1, 0.15) is 0 Å². The Morgan fingerprint density at radius 2 is 1.48 bits per heavy atom. The summed E-state index contributed by atoms with van der Waals surface area (Å²) in [5.74, 6) is -0.996. The van der Waals surface area contributed by atoms with Gasteiger partial charge >= 0.3 is 5.97 Å². The van der Waals surface area contributed by atoms with Gasteiger partial charge in [0.25, 0.3) is 0 Å². The summed E-state index contributed by atoms with van der Waals surface area (Å²) in [6.07, 6.45) is 3.03. The molecule has 0 radical (unpaired) electrons. The zero-order chi connectivity index (χ0) is 29.1. The number of imide groups is 1. The predicted molar refractivity (Wildman–Crippen MR) is 159 cm³/mol. The standard InChI is InChI=1S/C33H24Cl2N2O5/c34-21-7-3-18(4-8-21)28(38)16-42-33(41)25-15-27(36-26-12-9-22(35)14-24(25)26)17-5-10-23(11-6-17)37-31(39)29-19-1-2-20(13-19)30(29)32(37)40/h3-12,14-15,19-20,29-30H,1-2,13,16H2. The van der Waals surface area contributed by atoms with Crippen molar-refractivity contribution in [2.75, 3.05) is 11.5 Å². The average Bonchev–Trinajstić information content (AvgIpc) is 3.69. The van der Waals surface area contributed by atoms with Crippen LogP contribution < -0.4 is 4.90 Å². The van der Waals surface area contributed by atoms with Gasteiger partial charge in [-0.3, -0.25) is 19.3 Å². The van der Waals surface area contributed by atoms with Gasteiger partial charge in [0.05, 0.1) is 34.3 Å². The van der Waals surface area contributed by atoms with Gasteiger partial charge in [-0.1, -0.05) is 35.3 Å². The number of fused-ring (bicyclic) bond motifs is 6. The number of hydrogen-bond donors (Lipinski definition) is 0.